The molecule has 0 radical (unpaired) electrons. The van der Waals surface area contributed by atoms with E-state index in [0.29, 0.717) is 24.6 Å². The third kappa shape index (κ3) is 5.13. The number of rotatable bonds is 7. The number of hydrogen-bond acceptors (Lipinski definition) is 7. The van der Waals surface area contributed by atoms with Crippen LogP contribution in [0.3, 0.4) is 0 Å². The summed E-state index contributed by atoms with van der Waals surface area (Å²) >= 11 is 0. The zero-order chi connectivity index (χ0) is 23.2. The van der Waals surface area contributed by atoms with Crippen molar-refractivity contribution in [2.75, 3.05) is 45.4 Å². The number of nitrogens with two attached hydrogens (primary N) is 1. The normalized spacial score (nSPS) is 16.2. The standard InChI is InChI=1S/C24H31N5O4/c1-31-20-13-17-8-12-29(15-18(17)14-21(20)32-2)22(30)16-33-27-23(25)19-7-6-9-26-24(19)28-10-4-3-5-11-28/h6-7,9,13-14H,3-5,8,10-12,15-16H2,1-2H3,(H2,25,27). The first-order valence-corrected chi connectivity index (χ1v) is 11.3. The Balaban J connectivity index is 1.38. The van der Waals surface area contributed by atoms with Crippen LogP contribution in [-0.2, 0) is 22.6 Å². The molecule has 176 valence electrons. The lowest BCUT2D eigenvalue weighted by Crippen LogP contribution is -2.38. The van der Waals surface area contributed by atoms with E-state index >= 15 is 0 Å². The highest BCUT2D eigenvalue weighted by molar-refractivity contribution is 6.01. The van der Waals surface area contributed by atoms with E-state index in [1.807, 2.05) is 24.3 Å². The number of oxime groups is 1. The van der Waals surface area contributed by atoms with Crippen LogP contribution in [0.4, 0.5) is 5.82 Å². The molecule has 1 aromatic heterocycles. The van der Waals surface area contributed by atoms with E-state index < -0.39 is 0 Å². The van der Waals surface area contributed by atoms with Gasteiger partial charge in [-0.2, -0.15) is 0 Å². The van der Waals surface area contributed by atoms with Gasteiger partial charge >= 0.3 is 0 Å². The summed E-state index contributed by atoms with van der Waals surface area (Å²) < 4.78 is 10.8. The summed E-state index contributed by atoms with van der Waals surface area (Å²) in [6, 6.07) is 7.61. The van der Waals surface area contributed by atoms with Crippen molar-refractivity contribution in [1.29, 1.82) is 0 Å². The average Bonchev–Trinajstić information content (AvgIpc) is 2.87. The Morgan fingerprint density at radius 3 is 2.55 bits per heavy atom. The highest BCUT2D eigenvalue weighted by Gasteiger charge is 2.23. The number of amidine groups is 1. The molecule has 9 heteroatoms. The molecule has 0 atom stereocenters. The van der Waals surface area contributed by atoms with Crippen LogP contribution in [0, 0.1) is 0 Å². The van der Waals surface area contributed by atoms with Gasteiger partial charge in [0.2, 0.25) is 0 Å². The summed E-state index contributed by atoms with van der Waals surface area (Å²) in [7, 11) is 3.22. The van der Waals surface area contributed by atoms with Gasteiger partial charge in [0.05, 0.1) is 19.8 Å². The quantitative estimate of drug-likeness (QED) is 0.390. The fraction of sp³-hybridized carbons (Fsp3) is 0.458. The number of nitrogens with zero attached hydrogens (tertiary/aromatic N) is 4. The van der Waals surface area contributed by atoms with Crippen LogP contribution in [0.15, 0.2) is 35.6 Å². The molecule has 0 unspecified atom stereocenters. The van der Waals surface area contributed by atoms with Crippen molar-refractivity contribution < 1.29 is 19.1 Å². The van der Waals surface area contributed by atoms with Crippen LogP contribution in [0.5, 0.6) is 11.5 Å². The van der Waals surface area contributed by atoms with Crippen LogP contribution in [-0.4, -0.2) is 62.1 Å². The lowest BCUT2D eigenvalue weighted by Gasteiger charge is -2.29. The SMILES string of the molecule is COc1cc2c(cc1OC)CN(C(=O)CO/N=C(/N)c1cccnc1N1CCCCC1)CC2. The predicted octanol–water partition coefficient (Wildman–Crippen LogP) is 2.31. The van der Waals surface area contributed by atoms with Crippen molar-refractivity contribution in [3.63, 3.8) is 0 Å². The third-order valence-electron chi connectivity index (χ3n) is 6.14. The van der Waals surface area contributed by atoms with Gasteiger partial charge in [-0.3, -0.25) is 4.79 Å². The molecule has 1 fully saturated rings. The van der Waals surface area contributed by atoms with Gasteiger partial charge in [0.25, 0.3) is 5.91 Å². The molecule has 0 bridgehead atoms. The molecular formula is C24H31N5O4. The predicted molar refractivity (Wildman–Crippen MR) is 126 cm³/mol. The van der Waals surface area contributed by atoms with Gasteiger partial charge < -0.3 is 29.8 Å². The molecule has 0 aliphatic carbocycles. The molecule has 0 spiro atoms. The molecule has 33 heavy (non-hydrogen) atoms. The number of amides is 1. The molecule has 2 aliphatic rings. The summed E-state index contributed by atoms with van der Waals surface area (Å²) in [5.41, 5.74) is 9.11. The zero-order valence-corrected chi connectivity index (χ0v) is 19.2. The first-order valence-electron chi connectivity index (χ1n) is 11.3. The molecule has 4 rings (SSSR count). The Bertz CT molecular complexity index is 1020. The summed E-state index contributed by atoms with van der Waals surface area (Å²) in [5, 5.41) is 4.02. The number of ether oxygens (including phenoxy) is 2. The Morgan fingerprint density at radius 1 is 1.09 bits per heavy atom. The second-order valence-electron chi connectivity index (χ2n) is 8.21. The molecular weight excluding hydrogens is 422 g/mol. The maximum atomic E-state index is 12.7. The molecule has 1 saturated heterocycles. The average molecular weight is 454 g/mol. The number of carbonyl (C=O) groups excluding carboxylic acids is 1. The number of aromatic nitrogens is 1. The lowest BCUT2D eigenvalue weighted by molar-refractivity contribution is -0.137. The minimum Gasteiger partial charge on any atom is -0.493 e. The second kappa shape index (κ2) is 10.4. The largest absolute Gasteiger partial charge is 0.493 e. The number of benzene rings is 1. The topological polar surface area (TPSA) is 103 Å². The number of hydrogen-bond donors (Lipinski definition) is 1. The van der Waals surface area contributed by atoms with Gasteiger partial charge in [-0.15, -0.1) is 0 Å². The van der Waals surface area contributed by atoms with E-state index in [0.717, 1.165) is 54.9 Å². The van der Waals surface area contributed by atoms with Crippen LogP contribution < -0.4 is 20.1 Å². The summed E-state index contributed by atoms with van der Waals surface area (Å²) in [6.45, 7) is 2.81. The molecule has 2 aromatic rings. The summed E-state index contributed by atoms with van der Waals surface area (Å²) in [4.78, 5) is 26.6. The highest BCUT2D eigenvalue weighted by atomic mass is 16.6. The number of methoxy groups -OCH3 is 2. The number of piperidine rings is 1. The van der Waals surface area contributed by atoms with Gasteiger partial charge in [0.1, 0.15) is 5.82 Å². The van der Waals surface area contributed by atoms with Crippen molar-refractivity contribution >= 4 is 17.6 Å². The first-order chi connectivity index (χ1) is 16.1. The van der Waals surface area contributed by atoms with Crippen LogP contribution >= 0.6 is 0 Å². The Hall–Kier alpha value is -3.49. The third-order valence-corrected chi connectivity index (χ3v) is 6.14. The lowest BCUT2D eigenvalue weighted by atomic mass is 9.99. The molecule has 2 N–H and O–H groups in total. The van der Waals surface area contributed by atoms with Gasteiger partial charge in [0, 0.05) is 32.4 Å². The molecule has 2 aliphatic heterocycles. The van der Waals surface area contributed by atoms with E-state index in [1.165, 1.54) is 6.42 Å². The van der Waals surface area contributed by atoms with Crippen molar-refractivity contribution in [2.24, 2.45) is 10.9 Å². The van der Waals surface area contributed by atoms with Crippen LogP contribution in [0.1, 0.15) is 36.0 Å². The monoisotopic (exact) mass is 453 g/mol. The van der Waals surface area contributed by atoms with E-state index in [-0.39, 0.29) is 18.3 Å². The fourth-order valence-electron chi connectivity index (χ4n) is 4.35. The van der Waals surface area contributed by atoms with Crippen molar-refractivity contribution in [3.8, 4) is 11.5 Å². The smallest absolute Gasteiger partial charge is 0.263 e. The minimum absolute atomic E-state index is 0.144. The Morgan fingerprint density at radius 2 is 1.82 bits per heavy atom. The number of fused-ring (bicyclic) bond motifs is 1. The number of anilines is 1. The Kier molecular flexibility index (Phi) is 7.16. The highest BCUT2D eigenvalue weighted by Crippen LogP contribution is 2.33. The number of pyridine rings is 1. The minimum atomic E-state index is -0.178. The fourth-order valence-corrected chi connectivity index (χ4v) is 4.35. The van der Waals surface area contributed by atoms with E-state index in [4.69, 9.17) is 20.0 Å². The van der Waals surface area contributed by atoms with E-state index in [1.54, 1.807) is 25.3 Å². The molecule has 0 saturated carbocycles. The molecule has 9 nitrogen and oxygen atoms in total. The van der Waals surface area contributed by atoms with E-state index in [2.05, 4.69) is 15.0 Å². The Labute approximate surface area is 194 Å². The maximum Gasteiger partial charge on any atom is 0.263 e. The van der Waals surface area contributed by atoms with Crippen LogP contribution in [0.2, 0.25) is 0 Å². The number of carbonyl (C=O) groups is 1. The van der Waals surface area contributed by atoms with Crippen molar-refractivity contribution in [1.82, 2.24) is 9.88 Å². The van der Waals surface area contributed by atoms with Crippen molar-refractivity contribution in [2.45, 2.75) is 32.2 Å². The van der Waals surface area contributed by atoms with E-state index in [9.17, 15) is 4.79 Å². The van der Waals surface area contributed by atoms with Gasteiger partial charge in [-0.05, 0) is 61.1 Å². The second-order valence-corrected chi connectivity index (χ2v) is 8.21. The zero-order valence-electron chi connectivity index (χ0n) is 19.2. The van der Waals surface area contributed by atoms with Crippen LogP contribution in [0.25, 0.3) is 0 Å². The molecule has 1 aromatic carbocycles. The first kappa shape index (κ1) is 22.7. The summed E-state index contributed by atoms with van der Waals surface area (Å²) in [6.07, 6.45) is 5.99. The molecule has 3 heterocycles. The molecule has 1 amide bonds. The van der Waals surface area contributed by atoms with Crippen molar-refractivity contribution in [3.05, 3.63) is 47.2 Å². The van der Waals surface area contributed by atoms with Gasteiger partial charge in [0.15, 0.2) is 23.9 Å². The van der Waals surface area contributed by atoms with Gasteiger partial charge in [-0.1, -0.05) is 5.16 Å². The maximum absolute atomic E-state index is 12.7. The van der Waals surface area contributed by atoms with Gasteiger partial charge in [-0.25, -0.2) is 4.98 Å². The summed E-state index contributed by atoms with van der Waals surface area (Å²) in [5.74, 6) is 2.24.